The molecule has 0 amide bonds. The van der Waals surface area contributed by atoms with Crippen molar-refractivity contribution in [3.8, 4) is 17.6 Å². The summed E-state index contributed by atoms with van der Waals surface area (Å²) in [5.74, 6) is 1.02. The first kappa shape index (κ1) is 23.1. The van der Waals surface area contributed by atoms with E-state index >= 15 is 0 Å². The number of non-ortho nitro benzene ring substituents is 1. The number of ether oxygens (including phenoxy) is 2. The first-order valence-corrected chi connectivity index (χ1v) is 10.4. The van der Waals surface area contributed by atoms with E-state index in [1.165, 1.54) is 12.1 Å². The largest absolute Gasteiger partial charge is 0.490 e. The Morgan fingerprint density at radius 3 is 2.59 bits per heavy atom. The van der Waals surface area contributed by atoms with Crippen molar-refractivity contribution >= 4 is 40.5 Å². The van der Waals surface area contributed by atoms with E-state index in [1.807, 2.05) is 6.92 Å². The Morgan fingerprint density at radius 2 is 1.91 bits per heavy atom. The molecule has 6 nitrogen and oxygen atoms in total. The zero-order chi connectivity index (χ0) is 23.1. The van der Waals surface area contributed by atoms with Crippen molar-refractivity contribution in [3.05, 3.63) is 97.5 Å². The second-order valence-corrected chi connectivity index (χ2v) is 7.48. The summed E-state index contributed by atoms with van der Waals surface area (Å²) in [4.78, 5) is 10.5. The number of allylic oxidation sites excluding steroid dienone is 1. The number of hydrogen-bond donors (Lipinski definition) is 0. The van der Waals surface area contributed by atoms with Gasteiger partial charge in [-0.1, -0.05) is 47.5 Å². The lowest BCUT2D eigenvalue weighted by atomic mass is 10.0. The number of rotatable bonds is 8. The van der Waals surface area contributed by atoms with Crippen molar-refractivity contribution in [3.63, 3.8) is 0 Å². The molecule has 0 saturated heterocycles. The Morgan fingerprint density at radius 1 is 1.09 bits per heavy atom. The first-order chi connectivity index (χ1) is 15.4. The smallest absolute Gasteiger partial charge is 0.270 e. The van der Waals surface area contributed by atoms with Crippen LogP contribution < -0.4 is 9.47 Å². The van der Waals surface area contributed by atoms with Crippen molar-refractivity contribution in [1.82, 2.24) is 0 Å². The van der Waals surface area contributed by atoms with E-state index in [1.54, 1.807) is 54.6 Å². The van der Waals surface area contributed by atoms with Crippen LogP contribution in [0.1, 0.15) is 23.6 Å². The summed E-state index contributed by atoms with van der Waals surface area (Å²) >= 11 is 12.1. The second-order valence-electron chi connectivity index (χ2n) is 6.64. The van der Waals surface area contributed by atoms with Crippen LogP contribution in [0.25, 0.3) is 11.6 Å². The van der Waals surface area contributed by atoms with Gasteiger partial charge in [-0.3, -0.25) is 10.1 Å². The van der Waals surface area contributed by atoms with Gasteiger partial charge in [-0.15, -0.1) is 0 Å². The van der Waals surface area contributed by atoms with E-state index in [0.717, 1.165) is 5.56 Å². The molecule has 3 aromatic carbocycles. The SMILES string of the molecule is CCOc1cc(C=C(C#N)c2cccc([N+](=O)[O-])c2)ccc1OCc1ccc(Cl)cc1Cl. The van der Waals surface area contributed by atoms with E-state index in [9.17, 15) is 15.4 Å². The van der Waals surface area contributed by atoms with Gasteiger partial charge >= 0.3 is 0 Å². The van der Waals surface area contributed by atoms with Gasteiger partial charge in [-0.05, 0) is 48.4 Å². The standard InChI is InChI=1S/C24H18Cl2N2O4/c1-2-31-24-11-16(10-19(14-27)17-4-3-5-21(12-17)28(29)30)6-9-23(24)32-15-18-7-8-20(25)13-22(18)26/h3-13H,2,15H2,1H3. The Hall–Kier alpha value is -3.53. The Balaban J connectivity index is 1.88. The summed E-state index contributed by atoms with van der Waals surface area (Å²) in [7, 11) is 0. The lowest BCUT2D eigenvalue weighted by molar-refractivity contribution is -0.384. The highest BCUT2D eigenvalue weighted by atomic mass is 35.5. The first-order valence-electron chi connectivity index (χ1n) is 9.61. The number of nitriles is 1. The molecule has 0 radical (unpaired) electrons. The lowest BCUT2D eigenvalue weighted by Crippen LogP contribution is -2.00. The third kappa shape index (κ3) is 5.79. The van der Waals surface area contributed by atoms with Crippen molar-refractivity contribution in [2.24, 2.45) is 0 Å². The van der Waals surface area contributed by atoms with E-state index in [-0.39, 0.29) is 17.9 Å². The Bertz CT molecular complexity index is 1220. The molecule has 0 unspecified atom stereocenters. The van der Waals surface area contributed by atoms with Crippen LogP contribution in [0.15, 0.2) is 60.7 Å². The van der Waals surface area contributed by atoms with E-state index in [2.05, 4.69) is 6.07 Å². The minimum Gasteiger partial charge on any atom is -0.490 e. The molecule has 0 aromatic heterocycles. The minimum absolute atomic E-state index is 0.0803. The summed E-state index contributed by atoms with van der Waals surface area (Å²) < 4.78 is 11.6. The van der Waals surface area contributed by atoms with Crippen LogP contribution in [-0.4, -0.2) is 11.5 Å². The van der Waals surface area contributed by atoms with Gasteiger partial charge in [0.2, 0.25) is 0 Å². The highest BCUT2D eigenvalue weighted by molar-refractivity contribution is 6.35. The fraction of sp³-hybridized carbons (Fsp3) is 0.125. The Labute approximate surface area is 195 Å². The number of halogens is 2. The molecule has 0 aliphatic rings. The number of nitrogens with zero attached hydrogens (tertiary/aromatic N) is 2. The van der Waals surface area contributed by atoms with Crippen molar-refractivity contribution in [1.29, 1.82) is 5.26 Å². The molecule has 0 N–H and O–H groups in total. The molecule has 0 bridgehead atoms. The van der Waals surface area contributed by atoms with Gasteiger partial charge in [0.05, 0.1) is 23.2 Å². The molecule has 3 rings (SSSR count). The molecule has 0 spiro atoms. The highest BCUT2D eigenvalue weighted by Crippen LogP contribution is 2.32. The maximum atomic E-state index is 11.0. The fourth-order valence-electron chi connectivity index (χ4n) is 2.93. The van der Waals surface area contributed by atoms with Gasteiger partial charge in [-0.25, -0.2) is 0 Å². The zero-order valence-corrected chi connectivity index (χ0v) is 18.6. The van der Waals surface area contributed by atoms with Crippen LogP contribution in [0.4, 0.5) is 5.69 Å². The molecule has 8 heteroatoms. The van der Waals surface area contributed by atoms with Gasteiger partial charge in [-0.2, -0.15) is 5.26 Å². The van der Waals surface area contributed by atoms with Crippen molar-refractivity contribution in [2.75, 3.05) is 6.61 Å². The molecule has 0 aliphatic carbocycles. The minimum atomic E-state index is -0.495. The van der Waals surface area contributed by atoms with Crippen LogP contribution in [-0.2, 0) is 6.61 Å². The molecular formula is C24H18Cl2N2O4. The second kappa shape index (κ2) is 10.7. The van der Waals surface area contributed by atoms with E-state index in [0.29, 0.717) is 39.3 Å². The maximum absolute atomic E-state index is 11.0. The zero-order valence-electron chi connectivity index (χ0n) is 17.0. The monoisotopic (exact) mass is 468 g/mol. The number of nitro benzene ring substituents is 1. The molecule has 32 heavy (non-hydrogen) atoms. The Kier molecular flexibility index (Phi) is 7.72. The van der Waals surface area contributed by atoms with Gasteiger partial charge in [0.15, 0.2) is 11.5 Å². The third-order valence-corrected chi connectivity index (χ3v) is 5.05. The molecular weight excluding hydrogens is 451 g/mol. The summed E-state index contributed by atoms with van der Waals surface area (Å²) in [6.45, 7) is 2.50. The maximum Gasteiger partial charge on any atom is 0.270 e. The van der Waals surface area contributed by atoms with Crippen LogP contribution in [0.2, 0.25) is 10.0 Å². The topological polar surface area (TPSA) is 85.4 Å². The summed E-state index contributed by atoms with van der Waals surface area (Å²) in [5, 5.41) is 21.7. The van der Waals surface area contributed by atoms with Crippen LogP contribution >= 0.6 is 23.2 Å². The van der Waals surface area contributed by atoms with Crippen LogP contribution in [0, 0.1) is 21.4 Å². The van der Waals surface area contributed by atoms with Crippen molar-refractivity contribution < 1.29 is 14.4 Å². The van der Waals surface area contributed by atoms with E-state index < -0.39 is 4.92 Å². The number of nitro groups is 1. The molecule has 0 saturated carbocycles. The fourth-order valence-corrected chi connectivity index (χ4v) is 3.39. The molecule has 0 fully saturated rings. The third-order valence-electron chi connectivity index (χ3n) is 4.47. The highest BCUT2D eigenvalue weighted by Gasteiger charge is 2.11. The summed E-state index contributed by atoms with van der Waals surface area (Å²) in [6.07, 6.45) is 1.64. The number of hydrogen-bond acceptors (Lipinski definition) is 5. The normalized spacial score (nSPS) is 11.0. The molecule has 162 valence electrons. The summed E-state index contributed by atoms with van der Waals surface area (Å²) in [5.41, 5.74) is 2.13. The number of benzene rings is 3. The van der Waals surface area contributed by atoms with Crippen LogP contribution in [0.3, 0.4) is 0 Å². The van der Waals surface area contributed by atoms with Gasteiger partial charge in [0.1, 0.15) is 6.61 Å². The quantitative estimate of drug-likeness (QED) is 0.154. The predicted octanol–water partition coefficient (Wildman–Crippen LogP) is 6.94. The van der Waals surface area contributed by atoms with Gasteiger partial charge < -0.3 is 9.47 Å². The van der Waals surface area contributed by atoms with E-state index in [4.69, 9.17) is 32.7 Å². The average Bonchev–Trinajstić information content (AvgIpc) is 2.78. The average molecular weight is 469 g/mol. The van der Waals surface area contributed by atoms with Gasteiger partial charge in [0, 0.05) is 27.7 Å². The predicted molar refractivity (Wildman–Crippen MR) is 125 cm³/mol. The lowest BCUT2D eigenvalue weighted by Gasteiger charge is -2.13. The van der Waals surface area contributed by atoms with Gasteiger partial charge in [0.25, 0.3) is 5.69 Å². The molecule has 0 heterocycles. The molecule has 0 aliphatic heterocycles. The molecule has 0 atom stereocenters. The van der Waals surface area contributed by atoms with Crippen LogP contribution in [0.5, 0.6) is 11.5 Å². The summed E-state index contributed by atoms with van der Waals surface area (Å²) in [6, 6.07) is 18.5. The molecule has 3 aromatic rings. The van der Waals surface area contributed by atoms with Crippen molar-refractivity contribution in [2.45, 2.75) is 13.5 Å².